The van der Waals surface area contributed by atoms with Gasteiger partial charge in [-0.2, -0.15) is 0 Å². The van der Waals surface area contributed by atoms with Crippen LogP contribution in [0.5, 0.6) is 0 Å². The maximum absolute atomic E-state index is 12.7. The van der Waals surface area contributed by atoms with Crippen molar-refractivity contribution in [3.63, 3.8) is 0 Å². The number of rotatable bonds is 8. The Morgan fingerprint density at radius 1 is 1.21 bits per heavy atom. The number of carbonyl (C=O) groups is 1. The number of aromatic amines is 1. The first kappa shape index (κ1) is 17.0. The van der Waals surface area contributed by atoms with Gasteiger partial charge in [0.2, 0.25) is 5.91 Å². The molecule has 1 aromatic carbocycles. The molecule has 0 unspecified atom stereocenters. The summed E-state index contributed by atoms with van der Waals surface area (Å²) in [6, 6.07) is 7.73. The van der Waals surface area contributed by atoms with Crippen LogP contribution in [0.3, 0.4) is 0 Å². The first-order valence-corrected chi connectivity index (χ1v) is 9.10. The van der Waals surface area contributed by atoms with Crippen LogP contribution in [0.25, 0.3) is 0 Å². The standard InChI is InChI=1S/C19H24ClN3O/c20-16-8-6-15(7-9-16)19(10-4-11-19)18(24)22-12-3-1-2-5-17-13-21-14-23-17/h6-9,13-14H,1-5,10-12H2,(H,21,23)(H,22,24). The molecule has 1 aliphatic carbocycles. The Bertz CT molecular complexity index is 648. The highest BCUT2D eigenvalue weighted by Crippen LogP contribution is 2.44. The molecular weight excluding hydrogens is 322 g/mol. The van der Waals surface area contributed by atoms with Gasteiger partial charge >= 0.3 is 0 Å². The van der Waals surface area contributed by atoms with E-state index in [1.807, 2.05) is 30.5 Å². The number of hydrogen-bond acceptors (Lipinski definition) is 2. The van der Waals surface area contributed by atoms with Crippen LogP contribution in [0.15, 0.2) is 36.8 Å². The molecule has 1 heterocycles. The van der Waals surface area contributed by atoms with Gasteiger partial charge in [0.1, 0.15) is 0 Å². The molecular formula is C19H24ClN3O. The van der Waals surface area contributed by atoms with E-state index in [9.17, 15) is 4.79 Å². The zero-order valence-corrected chi connectivity index (χ0v) is 14.6. The molecule has 1 fully saturated rings. The van der Waals surface area contributed by atoms with Gasteiger partial charge in [-0.05, 0) is 49.8 Å². The van der Waals surface area contributed by atoms with E-state index >= 15 is 0 Å². The van der Waals surface area contributed by atoms with Crippen molar-refractivity contribution in [2.75, 3.05) is 6.54 Å². The summed E-state index contributed by atoms with van der Waals surface area (Å²) in [5.74, 6) is 0.171. The van der Waals surface area contributed by atoms with Gasteiger partial charge in [-0.25, -0.2) is 4.98 Å². The van der Waals surface area contributed by atoms with Gasteiger partial charge in [-0.1, -0.05) is 36.6 Å². The SMILES string of the molecule is O=C(NCCCCCc1cnc[nH]1)C1(c2ccc(Cl)cc2)CCC1. The summed E-state index contributed by atoms with van der Waals surface area (Å²) in [5, 5.41) is 3.85. The van der Waals surface area contributed by atoms with Crippen molar-refractivity contribution < 1.29 is 4.79 Å². The summed E-state index contributed by atoms with van der Waals surface area (Å²) in [7, 11) is 0. The van der Waals surface area contributed by atoms with Crippen LogP contribution in [0.4, 0.5) is 0 Å². The number of benzene rings is 1. The lowest BCUT2D eigenvalue weighted by Gasteiger charge is -2.40. The summed E-state index contributed by atoms with van der Waals surface area (Å²) in [5.41, 5.74) is 1.94. The Hall–Kier alpha value is -1.81. The van der Waals surface area contributed by atoms with E-state index in [-0.39, 0.29) is 11.3 Å². The molecule has 0 aliphatic heterocycles. The maximum Gasteiger partial charge on any atom is 0.230 e. The molecule has 2 N–H and O–H groups in total. The third-order valence-electron chi connectivity index (χ3n) is 5.00. The topological polar surface area (TPSA) is 57.8 Å². The smallest absolute Gasteiger partial charge is 0.230 e. The number of unbranched alkanes of at least 4 members (excludes halogenated alkanes) is 2. The van der Waals surface area contributed by atoms with Gasteiger partial charge in [-0.15, -0.1) is 0 Å². The van der Waals surface area contributed by atoms with E-state index in [4.69, 9.17) is 11.6 Å². The maximum atomic E-state index is 12.7. The fraction of sp³-hybridized carbons (Fsp3) is 0.474. The zero-order chi connectivity index (χ0) is 16.8. The Kier molecular flexibility index (Phi) is 5.56. The zero-order valence-electron chi connectivity index (χ0n) is 13.9. The Balaban J connectivity index is 1.43. The quantitative estimate of drug-likeness (QED) is 0.710. The number of imidazole rings is 1. The molecule has 0 spiro atoms. The number of halogens is 1. The van der Waals surface area contributed by atoms with Crippen LogP contribution < -0.4 is 5.32 Å². The molecule has 0 atom stereocenters. The van der Waals surface area contributed by atoms with E-state index in [0.29, 0.717) is 5.02 Å². The van der Waals surface area contributed by atoms with Gasteiger partial charge in [-0.3, -0.25) is 4.79 Å². The number of amides is 1. The normalized spacial score (nSPS) is 15.7. The number of nitrogens with zero attached hydrogens (tertiary/aromatic N) is 1. The summed E-state index contributed by atoms with van der Waals surface area (Å²) >= 11 is 5.96. The highest BCUT2D eigenvalue weighted by molar-refractivity contribution is 6.30. The van der Waals surface area contributed by atoms with Crippen molar-refractivity contribution in [2.45, 2.75) is 50.4 Å². The fourth-order valence-corrected chi connectivity index (χ4v) is 3.48. The number of aryl methyl sites for hydroxylation is 1. The van der Waals surface area contributed by atoms with Crippen LogP contribution in [0.1, 0.15) is 49.8 Å². The largest absolute Gasteiger partial charge is 0.355 e. The first-order valence-electron chi connectivity index (χ1n) is 8.72. The Morgan fingerprint density at radius 3 is 2.62 bits per heavy atom. The van der Waals surface area contributed by atoms with Gasteiger partial charge in [0.05, 0.1) is 11.7 Å². The summed E-state index contributed by atoms with van der Waals surface area (Å²) in [6.45, 7) is 0.747. The van der Waals surface area contributed by atoms with Crippen molar-refractivity contribution in [1.29, 1.82) is 0 Å². The average Bonchev–Trinajstić information content (AvgIpc) is 3.05. The molecule has 1 amide bonds. The van der Waals surface area contributed by atoms with E-state index in [1.54, 1.807) is 6.33 Å². The van der Waals surface area contributed by atoms with Crippen molar-refractivity contribution in [3.05, 3.63) is 53.1 Å². The highest BCUT2D eigenvalue weighted by atomic mass is 35.5. The molecule has 24 heavy (non-hydrogen) atoms. The van der Waals surface area contributed by atoms with Crippen molar-refractivity contribution in [3.8, 4) is 0 Å². The molecule has 0 saturated heterocycles. The Morgan fingerprint density at radius 2 is 2.00 bits per heavy atom. The van der Waals surface area contributed by atoms with E-state index in [0.717, 1.165) is 57.1 Å². The molecule has 1 aromatic heterocycles. The number of hydrogen-bond donors (Lipinski definition) is 2. The predicted octanol–water partition coefficient (Wildman–Crippen LogP) is 4.01. The number of H-pyrrole nitrogens is 1. The van der Waals surface area contributed by atoms with Crippen molar-refractivity contribution >= 4 is 17.5 Å². The third kappa shape index (κ3) is 3.81. The van der Waals surface area contributed by atoms with E-state index in [2.05, 4.69) is 15.3 Å². The highest BCUT2D eigenvalue weighted by Gasteiger charge is 2.45. The van der Waals surface area contributed by atoms with Crippen LogP contribution in [-0.2, 0) is 16.6 Å². The fourth-order valence-electron chi connectivity index (χ4n) is 3.36. The third-order valence-corrected chi connectivity index (χ3v) is 5.25. The van der Waals surface area contributed by atoms with Crippen molar-refractivity contribution in [1.82, 2.24) is 15.3 Å². The summed E-state index contributed by atoms with van der Waals surface area (Å²) in [6.07, 6.45) is 10.8. The van der Waals surface area contributed by atoms with Crippen LogP contribution >= 0.6 is 11.6 Å². The lowest BCUT2D eigenvalue weighted by Crippen LogP contribution is -2.49. The monoisotopic (exact) mass is 345 g/mol. The molecule has 0 radical (unpaired) electrons. The van der Waals surface area contributed by atoms with Crippen LogP contribution in [-0.4, -0.2) is 22.4 Å². The van der Waals surface area contributed by atoms with E-state index in [1.165, 1.54) is 5.69 Å². The average molecular weight is 346 g/mol. The van der Waals surface area contributed by atoms with Gasteiger partial charge in [0.15, 0.2) is 0 Å². The van der Waals surface area contributed by atoms with Gasteiger partial charge < -0.3 is 10.3 Å². The molecule has 1 saturated carbocycles. The molecule has 128 valence electrons. The van der Waals surface area contributed by atoms with E-state index < -0.39 is 0 Å². The van der Waals surface area contributed by atoms with Crippen LogP contribution in [0, 0.1) is 0 Å². The second kappa shape index (κ2) is 7.84. The molecule has 2 aromatic rings. The lowest BCUT2D eigenvalue weighted by molar-refractivity contribution is -0.129. The summed E-state index contributed by atoms with van der Waals surface area (Å²) in [4.78, 5) is 19.8. The predicted molar refractivity (Wildman–Crippen MR) is 96.1 cm³/mol. The number of carbonyl (C=O) groups excluding carboxylic acids is 1. The molecule has 0 bridgehead atoms. The minimum absolute atomic E-state index is 0.171. The minimum atomic E-state index is -0.333. The second-order valence-electron chi connectivity index (χ2n) is 6.59. The molecule has 1 aliphatic rings. The molecule has 4 nitrogen and oxygen atoms in total. The number of nitrogens with one attached hydrogen (secondary N) is 2. The minimum Gasteiger partial charge on any atom is -0.355 e. The van der Waals surface area contributed by atoms with Crippen LogP contribution in [0.2, 0.25) is 5.02 Å². The van der Waals surface area contributed by atoms with Gasteiger partial charge in [0, 0.05) is 23.5 Å². The first-order chi connectivity index (χ1) is 11.7. The van der Waals surface area contributed by atoms with Gasteiger partial charge in [0.25, 0.3) is 0 Å². The second-order valence-corrected chi connectivity index (χ2v) is 7.02. The summed E-state index contributed by atoms with van der Waals surface area (Å²) < 4.78 is 0. The molecule has 3 rings (SSSR count). The lowest BCUT2D eigenvalue weighted by atomic mass is 9.64. The number of aromatic nitrogens is 2. The Labute approximate surface area is 148 Å². The van der Waals surface area contributed by atoms with Crippen molar-refractivity contribution in [2.24, 2.45) is 0 Å². The molecule has 5 heteroatoms.